The van der Waals surface area contributed by atoms with E-state index in [1.54, 1.807) is 6.07 Å². The van der Waals surface area contributed by atoms with Gasteiger partial charge in [-0.25, -0.2) is 0 Å². The van der Waals surface area contributed by atoms with Gasteiger partial charge in [0.15, 0.2) is 0 Å². The third-order valence-corrected chi connectivity index (χ3v) is 3.57. The third kappa shape index (κ3) is 3.49. The zero-order valence-corrected chi connectivity index (χ0v) is 12.8. The average molecular weight is 298 g/mol. The van der Waals surface area contributed by atoms with Gasteiger partial charge in [0.2, 0.25) is 0 Å². The number of rotatable bonds is 4. The average Bonchev–Trinajstić information content (AvgIpc) is 2.49. The van der Waals surface area contributed by atoms with E-state index in [0.29, 0.717) is 0 Å². The van der Waals surface area contributed by atoms with Crippen LogP contribution in [-0.4, -0.2) is 10.8 Å². The number of benzene rings is 2. The standard InChI is InChI=1S/C17H18N2O3/c1-11-7-8-12(2)16(9-11)13(3)18-17(20)14-5-4-6-15(10-14)19(21)22/h4-10,13H,1-3H3,(H,18,20)/t13-/m0/s1. The molecule has 1 N–H and O–H groups in total. The highest BCUT2D eigenvalue weighted by molar-refractivity contribution is 5.95. The van der Waals surface area contributed by atoms with Gasteiger partial charge in [0.25, 0.3) is 11.6 Å². The van der Waals surface area contributed by atoms with E-state index in [-0.39, 0.29) is 23.2 Å². The first-order valence-corrected chi connectivity index (χ1v) is 7.01. The first kappa shape index (κ1) is 15.7. The largest absolute Gasteiger partial charge is 0.346 e. The monoisotopic (exact) mass is 298 g/mol. The molecule has 5 heteroatoms. The summed E-state index contributed by atoms with van der Waals surface area (Å²) in [4.78, 5) is 22.5. The molecular weight excluding hydrogens is 280 g/mol. The van der Waals surface area contributed by atoms with E-state index in [9.17, 15) is 14.9 Å². The summed E-state index contributed by atoms with van der Waals surface area (Å²) in [7, 11) is 0. The lowest BCUT2D eigenvalue weighted by atomic mass is 9.99. The first-order chi connectivity index (χ1) is 10.4. The van der Waals surface area contributed by atoms with Crippen LogP contribution in [0.3, 0.4) is 0 Å². The molecule has 0 heterocycles. The van der Waals surface area contributed by atoms with E-state index < -0.39 is 4.92 Å². The molecule has 1 atom stereocenters. The molecule has 0 spiro atoms. The van der Waals surface area contributed by atoms with E-state index in [1.165, 1.54) is 18.2 Å². The number of nitro benzene ring substituents is 1. The number of carbonyl (C=O) groups excluding carboxylic acids is 1. The van der Waals surface area contributed by atoms with E-state index in [1.807, 2.05) is 39.0 Å². The summed E-state index contributed by atoms with van der Waals surface area (Å²) in [5, 5.41) is 13.7. The molecule has 5 nitrogen and oxygen atoms in total. The topological polar surface area (TPSA) is 72.2 Å². The van der Waals surface area contributed by atoms with Gasteiger partial charge in [-0.05, 0) is 38.0 Å². The van der Waals surface area contributed by atoms with Crippen LogP contribution in [-0.2, 0) is 0 Å². The molecule has 0 saturated carbocycles. The van der Waals surface area contributed by atoms with Gasteiger partial charge in [-0.15, -0.1) is 0 Å². The highest BCUT2D eigenvalue weighted by atomic mass is 16.6. The summed E-state index contributed by atoms with van der Waals surface area (Å²) >= 11 is 0. The molecule has 0 aromatic heterocycles. The molecule has 2 rings (SSSR count). The minimum Gasteiger partial charge on any atom is -0.346 e. The Morgan fingerprint density at radius 1 is 1.18 bits per heavy atom. The fourth-order valence-electron chi connectivity index (χ4n) is 2.34. The molecule has 0 aliphatic carbocycles. The number of carbonyl (C=O) groups is 1. The lowest BCUT2D eigenvalue weighted by Gasteiger charge is -2.17. The van der Waals surface area contributed by atoms with Crippen LogP contribution in [0.1, 0.15) is 40.0 Å². The second kappa shape index (κ2) is 6.39. The van der Waals surface area contributed by atoms with Gasteiger partial charge >= 0.3 is 0 Å². The zero-order valence-electron chi connectivity index (χ0n) is 12.8. The van der Waals surface area contributed by atoms with Crippen LogP contribution >= 0.6 is 0 Å². The van der Waals surface area contributed by atoms with Crippen molar-refractivity contribution in [3.05, 3.63) is 74.8 Å². The quantitative estimate of drug-likeness (QED) is 0.691. The number of hydrogen-bond acceptors (Lipinski definition) is 3. The van der Waals surface area contributed by atoms with Gasteiger partial charge in [0, 0.05) is 17.7 Å². The van der Waals surface area contributed by atoms with Crippen molar-refractivity contribution in [3.8, 4) is 0 Å². The third-order valence-electron chi connectivity index (χ3n) is 3.57. The van der Waals surface area contributed by atoms with Crippen molar-refractivity contribution in [3.63, 3.8) is 0 Å². The van der Waals surface area contributed by atoms with E-state index in [2.05, 4.69) is 5.32 Å². The lowest BCUT2D eigenvalue weighted by Crippen LogP contribution is -2.27. The Morgan fingerprint density at radius 2 is 1.91 bits per heavy atom. The normalized spacial score (nSPS) is 11.8. The summed E-state index contributed by atoms with van der Waals surface area (Å²) < 4.78 is 0. The summed E-state index contributed by atoms with van der Waals surface area (Å²) in [6.07, 6.45) is 0. The molecule has 1 amide bonds. The number of nitrogens with zero attached hydrogens (tertiary/aromatic N) is 1. The summed E-state index contributed by atoms with van der Waals surface area (Å²) in [5.74, 6) is -0.322. The minimum atomic E-state index is -0.509. The van der Waals surface area contributed by atoms with Gasteiger partial charge in [0.05, 0.1) is 11.0 Å². The number of non-ortho nitro benzene ring substituents is 1. The predicted molar refractivity (Wildman–Crippen MR) is 84.9 cm³/mol. The fourth-order valence-corrected chi connectivity index (χ4v) is 2.34. The molecular formula is C17H18N2O3. The maximum Gasteiger partial charge on any atom is 0.270 e. The minimum absolute atomic E-state index is 0.0907. The predicted octanol–water partition coefficient (Wildman–Crippen LogP) is 3.70. The fraction of sp³-hybridized carbons (Fsp3) is 0.235. The van der Waals surface area contributed by atoms with Crippen LogP contribution in [0.5, 0.6) is 0 Å². The molecule has 0 bridgehead atoms. The molecule has 114 valence electrons. The summed E-state index contributed by atoms with van der Waals surface area (Å²) in [6.45, 7) is 5.89. The van der Waals surface area contributed by atoms with Crippen molar-refractivity contribution in [2.75, 3.05) is 0 Å². The van der Waals surface area contributed by atoms with Crippen LogP contribution < -0.4 is 5.32 Å². The Kier molecular flexibility index (Phi) is 4.56. The number of hydrogen-bond donors (Lipinski definition) is 1. The first-order valence-electron chi connectivity index (χ1n) is 7.01. The van der Waals surface area contributed by atoms with Crippen LogP contribution in [0.2, 0.25) is 0 Å². The van der Waals surface area contributed by atoms with Gasteiger partial charge < -0.3 is 5.32 Å². The van der Waals surface area contributed by atoms with Crippen molar-refractivity contribution in [1.82, 2.24) is 5.32 Å². The second-order valence-corrected chi connectivity index (χ2v) is 5.36. The maximum atomic E-state index is 12.3. The van der Waals surface area contributed by atoms with Crippen LogP contribution in [0, 0.1) is 24.0 Å². The van der Waals surface area contributed by atoms with Crippen molar-refractivity contribution < 1.29 is 9.72 Å². The molecule has 2 aromatic carbocycles. The summed E-state index contributed by atoms with van der Waals surface area (Å²) in [6, 6.07) is 11.6. The van der Waals surface area contributed by atoms with Crippen LogP contribution in [0.15, 0.2) is 42.5 Å². The second-order valence-electron chi connectivity index (χ2n) is 5.36. The van der Waals surface area contributed by atoms with Gasteiger partial charge in [0.1, 0.15) is 0 Å². The Bertz CT molecular complexity index is 726. The Hall–Kier alpha value is -2.69. The van der Waals surface area contributed by atoms with Gasteiger partial charge in [-0.3, -0.25) is 14.9 Å². The number of amides is 1. The molecule has 0 saturated heterocycles. The zero-order chi connectivity index (χ0) is 16.3. The highest BCUT2D eigenvalue weighted by Crippen LogP contribution is 2.20. The number of aryl methyl sites for hydroxylation is 2. The lowest BCUT2D eigenvalue weighted by molar-refractivity contribution is -0.384. The van der Waals surface area contributed by atoms with E-state index in [0.717, 1.165) is 16.7 Å². The van der Waals surface area contributed by atoms with Crippen molar-refractivity contribution in [2.24, 2.45) is 0 Å². The van der Waals surface area contributed by atoms with Gasteiger partial charge in [-0.2, -0.15) is 0 Å². The number of nitrogens with one attached hydrogen (secondary N) is 1. The maximum absolute atomic E-state index is 12.3. The Balaban J connectivity index is 2.19. The molecule has 0 unspecified atom stereocenters. The van der Waals surface area contributed by atoms with Crippen molar-refractivity contribution in [1.29, 1.82) is 0 Å². The van der Waals surface area contributed by atoms with E-state index >= 15 is 0 Å². The van der Waals surface area contributed by atoms with Crippen LogP contribution in [0.25, 0.3) is 0 Å². The summed E-state index contributed by atoms with van der Waals surface area (Å²) in [5.41, 5.74) is 3.45. The molecule has 22 heavy (non-hydrogen) atoms. The van der Waals surface area contributed by atoms with Crippen molar-refractivity contribution in [2.45, 2.75) is 26.8 Å². The Labute approximate surface area is 129 Å². The van der Waals surface area contributed by atoms with Crippen molar-refractivity contribution >= 4 is 11.6 Å². The molecule has 0 aliphatic heterocycles. The molecule has 0 fully saturated rings. The molecule has 2 aromatic rings. The number of nitro groups is 1. The smallest absolute Gasteiger partial charge is 0.270 e. The molecule has 0 aliphatic rings. The molecule has 0 radical (unpaired) electrons. The van der Waals surface area contributed by atoms with Gasteiger partial charge in [-0.1, -0.05) is 29.8 Å². The highest BCUT2D eigenvalue weighted by Gasteiger charge is 2.15. The van der Waals surface area contributed by atoms with Crippen LogP contribution in [0.4, 0.5) is 5.69 Å². The van der Waals surface area contributed by atoms with E-state index in [4.69, 9.17) is 0 Å². The Morgan fingerprint density at radius 3 is 2.59 bits per heavy atom. The SMILES string of the molecule is Cc1ccc(C)c([C@H](C)NC(=O)c2cccc([N+](=O)[O-])c2)c1.